The Labute approximate surface area is 81.1 Å². The third kappa shape index (κ3) is 22.4. The Bertz CT molecular complexity index is 194. The van der Waals surface area contributed by atoms with Crippen molar-refractivity contribution in [1.82, 2.24) is 0 Å². The molecule has 0 aliphatic heterocycles. The second-order valence-corrected chi connectivity index (χ2v) is 2.29. The molecule has 0 rings (SSSR count). The first kappa shape index (κ1) is 15.1. The van der Waals surface area contributed by atoms with Crippen LogP contribution in [0.5, 0.6) is 0 Å². The van der Waals surface area contributed by atoms with Crippen molar-refractivity contribution in [1.29, 1.82) is 0 Å². The first-order valence-electron chi connectivity index (χ1n) is 3.77. The number of carbonyl (C=O) groups is 2. The van der Waals surface area contributed by atoms with Gasteiger partial charge in [-0.25, -0.2) is 0 Å². The molecule has 6 heteroatoms. The summed E-state index contributed by atoms with van der Waals surface area (Å²) < 4.78 is 0. The summed E-state index contributed by atoms with van der Waals surface area (Å²) in [6.07, 6.45) is 1.22. The van der Waals surface area contributed by atoms with Gasteiger partial charge in [0.15, 0.2) is 0 Å². The lowest BCUT2D eigenvalue weighted by molar-refractivity contribution is -0.138. The molecule has 0 radical (unpaired) electrons. The highest BCUT2D eigenvalue weighted by Crippen LogP contribution is 1.92. The van der Waals surface area contributed by atoms with Crippen molar-refractivity contribution in [3.8, 4) is 0 Å². The van der Waals surface area contributed by atoms with Crippen molar-refractivity contribution in [3.63, 3.8) is 0 Å². The fourth-order valence-electron chi connectivity index (χ4n) is 0.465. The van der Waals surface area contributed by atoms with Gasteiger partial charge in [0.2, 0.25) is 0 Å². The van der Waals surface area contributed by atoms with E-state index < -0.39 is 18.0 Å². The third-order valence-electron chi connectivity index (χ3n) is 0.847. The minimum atomic E-state index is -1.06. The first-order chi connectivity index (χ1) is 6.40. The molecular formula is C8H14O6. The molecule has 0 aromatic rings. The Balaban J connectivity index is 0. The molecule has 1 unspecified atom stereocenters. The van der Waals surface area contributed by atoms with E-state index in [2.05, 4.69) is 0 Å². The predicted octanol–water partition coefficient (Wildman–Crippen LogP) is -0.539. The highest BCUT2D eigenvalue weighted by molar-refractivity contribution is 5.67. The van der Waals surface area contributed by atoms with Gasteiger partial charge in [-0.05, 0) is 0 Å². The third-order valence-corrected chi connectivity index (χ3v) is 0.847. The first-order valence-corrected chi connectivity index (χ1v) is 3.77. The molecule has 0 bridgehead atoms. The molecule has 82 valence electrons. The summed E-state index contributed by atoms with van der Waals surface area (Å²) in [6, 6.07) is 0. The SMILES string of the molecule is CC(=O)O.O=C(O)CC(O)C=CCO. The molecule has 14 heavy (non-hydrogen) atoms. The number of carboxylic acids is 2. The molecule has 6 nitrogen and oxygen atoms in total. The van der Waals surface area contributed by atoms with Gasteiger partial charge in [0, 0.05) is 6.92 Å². The van der Waals surface area contributed by atoms with Crippen LogP contribution in [0.3, 0.4) is 0 Å². The van der Waals surface area contributed by atoms with Gasteiger partial charge in [0.1, 0.15) is 0 Å². The second-order valence-electron chi connectivity index (χ2n) is 2.29. The van der Waals surface area contributed by atoms with Crippen LogP contribution >= 0.6 is 0 Å². The average molecular weight is 206 g/mol. The van der Waals surface area contributed by atoms with Crippen molar-refractivity contribution >= 4 is 11.9 Å². The number of aliphatic hydroxyl groups excluding tert-OH is 2. The van der Waals surface area contributed by atoms with Gasteiger partial charge < -0.3 is 20.4 Å². The van der Waals surface area contributed by atoms with Crippen molar-refractivity contribution in [2.45, 2.75) is 19.4 Å². The molecule has 0 saturated carbocycles. The van der Waals surface area contributed by atoms with Gasteiger partial charge in [-0.15, -0.1) is 0 Å². The molecule has 0 aliphatic carbocycles. The summed E-state index contributed by atoms with van der Waals surface area (Å²) in [6.45, 7) is 0.899. The highest BCUT2D eigenvalue weighted by Gasteiger charge is 2.03. The Morgan fingerprint density at radius 2 is 1.79 bits per heavy atom. The molecule has 0 aromatic heterocycles. The summed E-state index contributed by atoms with van der Waals surface area (Å²) in [5.74, 6) is -1.89. The molecule has 0 fully saturated rings. The summed E-state index contributed by atoms with van der Waals surface area (Å²) in [4.78, 5) is 18.9. The van der Waals surface area contributed by atoms with Gasteiger partial charge in [-0.1, -0.05) is 12.2 Å². The van der Waals surface area contributed by atoms with E-state index in [0.717, 1.165) is 6.92 Å². The maximum atomic E-state index is 9.92. The van der Waals surface area contributed by atoms with Crippen LogP contribution in [0.1, 0.15) is 13.3 Å². The minimum absolute atomic E-state index is 0.184. The van der Waals surface area contributed by atoms with Crippen LogP contribution in [0.15, 0.2) is 12.2 Å². The van der Waals surface area contributed by atoms with Gasteiger partial charge in [-0.3, -0.25) is 9.59 Å². The van der Waals surface area contributed by atoms with Crippen molar-refractivity contribution in [3.05, 3.63) is 12.2 Å². The van der Waals surface area contributed by atoms with E-state index in [4.69, 9.17) is 25.2 Å². The van der Waals surface area contributed by atoms with Crippen LogP contribution in [0.4, 0.5) is 0 Å². The minimum Gasteiger partial charge on any atom is -0.481 e. The quantitative estimate of drug-likeness (QED) is 0.459. The zero-order valence-corrected chi connectivity index (χ0v) is 7.75. The highest BCUT2D eigenvalue weighted by atomic mass is 16.4. The van der Waals surface area contributed by atoms with Crippen LogP contribution in [0.25, 0.3) is 0 Å². The van der Waals surface area contributed by atoms with Crippen LogP contribution in [-0.4, -0.2) is 45.1 Å². The number of aliphatic hydroxyl groups is 2. The lowest BCUT2D eigenvalue weighted by atomic mass is 10.2. The molecule has 0 saturated heterocycles. The normalized spacial score (nSPS) is 11.6. The lowest BCUT2D eigenvalue weighted by Crippen LogP contribution is -2.09. The summed E-state index contributed by atoms with van der Waals surface area (Å²) in [5.41, 5.74) is 0. The smallest absolute Gasteiger partial charge is 0.306 e. The molecule has 0 spiro atoms. The largest absolute Gasteiger partial charge is 0.481 e. The Hall–Kier alpha value is -1.40. The molecule has 4 N–H and O–H groups in total. The number of rotatable bonds is 4. The summed E-state index contributed by atoms with van der Waals surface area (Å²) in [7, 11) is 0. The average Bonchev–Trinajstić information content (AvgIpc) is 1.98. The van der Waals surface area contributed by atoms with E-state index in [9.17, 15) is 4.79 Å². The van der Waals surface area contributed by atoms with Crippen molar-refractivity contribution in [2.24, 2.45) is 0 Å². The summed E-state index contributed by atoms with van der Waals surface area (Å²) >= 11 is 0. The molecule has 0 aliphatic rings. The second kappa shape index (κ2) is 9.69. The number of carboxylic acid groups (broad SMARTS) is 2. The predicted molar refractivity (Wildman–Crippen MR) is 47.8 cm³/mol. The zero-order valence-electron chi connectivity index (χ0n) is 7.75. The maximum absolute atomic E-state index is 9.92. The van der Waals surface area contributed by atoms with Gasteiger partial charge >= 0.3 is 5.97 Å². The number of hydrogen-bond acceptors (Lipinski definition) is 4. The standard InChI is InChI=1S/C6H10O4.C2H4O2/c7-3-1-2-5(8)4-6(9)10;1-2(3)4/h1-2,5,7-8H,3-4H2,(H,9,10);1H3,(H,3,4). The fraction of sp³-hybridized carbons (Fsp3) is 0.500. The van der Waals surface area contributed by atoms with E-state index in [1.165, 1.54) is 12.2 Å². The Kier molecular flexibility index (Phi) is 10.4. The number of hydrogen-bond donors (Lipinski definition) is 4. The van der Waals surface area contributed by atoms with Crippen LogP contribution < -0.4 is 0 Å². The van der Waals surface area contributed by atoms with E-state index in [0.29, 0.717) is 0 Å². The van der Waals surface area contributed by atoms with Crippen LogP contribution in [-0.2, 0) is 9.59 Å². The van der Waals surface area contributed by atoms with E-state index in [1.807, 2.05) is 0 Å². The summed E-state index contributed by atoms with van der Waals surface area (Å²) in [5, 5.41) is 32.5. The fourth-order valence-corrected chi connectivity index (χ4v) is 0.465. The van der Waals surface area contributed by atoms with Crippen LogP contribution in [0, 0.1) is 0 Å². The van der Waals surface area contributed by atoms with Gasteiger partial charge in [-0.2, -0.15) is 0 Å². The van der Waals surface area contributed by atoms with Crippen molar-refractivity contribution in [2.75, 3.05) is 6.61 Å². The van der Waals surface area contributed by atoms with E-state index in [1.54, 1.807) is 0 Å². The zero-order chi connectivity index (χ0) is 11.6. The molecule has 0 heterocycles. The Morgan fingerprint density at radius 1 is 1.36 bits per heavy atom. The molecule has 1 atom stereocenters. The number of aliphatic carboxylic acids is 2. The van der Waals surface area contributed by atoms with E-state index in [-0.39, 0.29) is 13.0 Å². The van der Waals surface area contributed by atoms with Gasteiger partial charge in [0.05, 0.1) is 19.1 Å². The molecule has 0 aromatic carbocycles. The van der Waals surface area contributed by atoms with Gasteiger partial charge in [0.25, 0.3) is 5.97 Å². The van der Waals surface area contributed by atoms with Crippen LogP contribution in [0.2, 0.25) is 0 Å². The maximum Gasteiger partial charge on any atom is 0.306 e. The molecule has 0 amide bonds. The molecular weight excluding hydrogens is 192 g/mol. The monoisotopic (exact) mass is 206 g/mol. The van der Waals surface area contributed by atoms with E-state index >= 15 is 0 Å². The topological polar surface area (TPSA) is 115 Å². The Morgan fingerprint density at radius 3 is 2.07 bits per heavy atom. The lowest BCUT2D eigenvalue weighted by Gasteiger charge is -1.98. The van der Waals surface area contributed by atoms with Crippen molar-refractivity contribution < 1.29 is 30.0 Å².